The van der Waals surface area contributed by atoms with Crippen molar-refractivity contribution in [3.8, 4) is 0 Å². The third kappa shape index (κ3) is 6.02. The van der Waals surface area contributed by atoms with Gasteiger partial charge in [-0.05, 0) is 82.1 Å². The zero-order valence-corrected chi connectivity index (χ0v) is 19.4. The number of hydrogen-bond donors (Lipinski definition) is 1. The first-order valence-corrected chi connectivity index (χ1v) is 12.4. The molecule has 0 unspecified atom stereocenters. The molecule has 0 aromatic heterocycles. The number of carbonyl (C=O) groups excluding carboxylic acids is 2. The second-order valence-corrected chi connectivity index (χ2v) is 10.3. The molecule has 0 radical (unpaired) electrons. The van der Waals surface area contributed by atoms with E-state index in [1.54, 1.807) is 24.3 Å². The summed E-state index contributed by atoms with van der Waals surface area (Å²) in [5, 5.41) is 0. The molecule has 7 heteroatoms. The van der Waals surface area contributed by atoms with E-state index in [2.05, 4.69) is 21.8 Å². The smallest absolute Gasteiger partial charge is 0.229 e. The summed E-state index contributed by atoms with van der Waals surface area (Å²) < 4.78 is 25.0. The molecule has 1 aliphatic heterocycles. The van der Waals surface area contributed by atoms with Crippen LogP contribution in [0.3, 0.4) is 0 Å². The van der Waals surface area contributed by atoms with Crippen LogP contribution in [0.4, 0.5) is 5.69 Å². The Balaban J connectivity index is 1.56. The van der Waals surface area contributed by atoms with Gasteiger partial charge in [0.1, 0.15) is 0 Å². The minimum Gasteiger partial charge on any atom is -0.296 e. The largest absolute Gasteiger partial charge is 0.296 e. The van der Waals surface area contributed by atoms with Gasteiger partial charge in [0.05, 0.1) is 12.8 Å². The molecule has 0 atom stereocenters. The fraction of sp³-hybridized carbons (Fsp3) is 0.417. The summed E-state index contributed by atoms with van der Waals surface area (Å²) in [6.45, 7) is 7.75. The van der Waals surface area contributed by atoms with Crippen molar-refractivity contribution in [3.63, 3.8) is 0 Å². The lowest BCUT2D eigenvalue weighted by Gasteiger charge is -2.31. The number of likely N-dealkylation sites (tertiary alicyclic amines) is 1. The van der Waals surface area contributed by atoms with E-state index in [1.165, 1.54) is 5.56 Å². The van der Waals surface area contributed by atoms with E-state index in [-0.39, 0.29) is 17.5 Å². The van der Waals surface area contributed by atoms with E-state index in [0.29, 0.717) is 30.9 Å². The monoisotopic (exact) mass is 442 g/mol. The van der Waals surface area contributed by atoms with Gasteiger partial charge in [-0.2, -0.15) is 0 Å². The van der Waals surface area contributed by atoms with Crippen LogP contribution in [0.5, 0.6) is 0 Å². The molecule has 1 aliphatic rings. The number of hydrogen-bond acceptors (Lipinski definition) is 5. The second kappa shape index (κ2) is 9.32. The molecule has 1 fully saturated rings. The van der Waals surface area contributed by atoms with Gasteiger partial charge >= 0.3 is 0 Å². The number of sulfonamides is 1. The first kappa shape index (κ1) is 23.2. The van der Waals surface area contributed by atoms with Crippen LogP contribution in [0.1, 0.15) is 50.2 Å². The number of carbonyl (C=O) groups is 2. The first-order valence-electron chi connectivity index (χ1n) is 10.5. The Morgan fingerprint density at radius 1 is 1.00 bits per heavy atom. The molecule has 1 heterocycles. The van der Waals surface area contributed by atoms with Crippen LogP contribution in [-0.2, 0) is 10.0 Å². The summed E-state index contributed by atoms with van der Waals surface area (Å²) in [5.41, 5.74) is 5.06. The van der Waals surface area contributed by atoms with Gasteiger partial charge in [-0.15, -0.1) is 0 Å². The summed E-state index contributed by atoms with van der Waals surface area (Å²) in [7, 11) is -3.34. The number of nitrogens with one attached hydrogen (secondary N) is 1. The summed E-state index contributed by atoms with van der Waals surface area (Å²) in [6.07, 6.45) is 2.58. The number of piperidine rings is 1. The minimum atomic E-state index is -3.34. The topological polar surface area (TPSA) is 83.6 Å². The standard InChI is InChI=1S/C24H30N2O4S/c1-16-13-17(2)23(18(3)14-16)24(28)20-9-11-26(12-10-20)15-22(27)19-5-7-21(8-6-19)25-31(4,29)30/h5-8,13-14,20,25H,9-12,15H2,1-4H3. The van der Waals surface area contributed by atoms with Crippen LogP contribution in [0.25, 0.3) is 0 Å². The number of rotatable bonds is 7. The molecule has 0 amide bonds. The molecule has 0 spiro atoms. The fourth-order valence-electron chi connectivity index (χ4n) is 4.36. The molecule has 2 aromatic rings. The molecule has 0 aliphatic carbocycles. The highest BCUT2D eigenvalue weighted by molar-refractivity contribution is 7.92. The van der Waals surface area contributed by atoms with Gasteiger partial charge in [-0.1, -0.05) is 17.7 Å². The van der Waals surface area contributed by atoms with Gasteiger partial charge in [0.25, 0.3) is 0 Å². The second-order valence-electron chi connectivity index (χ2n) is 8.56. The maximum atomic E-state index is 13.1. The van der Waals surface area contributed by atoms with E-state index in [9.17, 15) is 18.0 Å². The molecule has 2 aromatic carbocycles. The first-order chi connectivity index (χ1) is 14.5. The summed E-state index contributed by atoms with van der Waals surface area (Å²) >= 11 is 0. The van der Waals surface area contributed by atoms with E-state index in [4.69, 9.17) is 0 Å². The summed E-state index contributed by atoms with van der Waals surface area (Å²) in [4.78, 5) is 27.8. The van der Waals surface area contributed by atoms with Crippen molar-refractivity contribution in [1.82, 2.24) is 4.90 Å². The van der Waals surface area contributed by atoms with Crippen LogP contribution in [0.15, 0.2) is 36.4 Å². The molecule has 1 N–H and O–H groups in total. The van der Waals surface area contributed by atoms with Crippen molar-refractivity contribution in [3.05, 3.63) is 64.2 Å². The predicted octanol–water partition coefficient (Wildman–Crippen LogP) is 3.76. The minimum absolute atomic E-state index is 0.00666. The summed E-state index contributed by atoms with van der Waals surface area (Å²) in [6, 6.07) is 10.6. The highest BCUT2D eigenvalue weighted by atomic mass is 32.2. The van der Waals surface area contributed by atoms with Gasteiger partial charge in [-0.25, -0.2) is 8.42 Å². The van der Waals surface area contributed by atoms with Crippen molar-refractivity contribution < 1.29 is 18.0 Å². The lowest BCUT2D eigenvalue weighted by Crippen LogP contribution is -2.39. The van der Waals surface area contributed by atoms with Crippen LogP contribution < -0.4 is 4.72 Å². The Morgan fingerprint density at radius 3 is 2.06 bits per heavy atom. The lowest BCUT2D eigenvalue weighted by atomic mass is 9.85. The van der Waals surface area contributed by atoms with Gasteiger partial charge in [0, 0.05) is 22.7 Å². The maximum absolute atomic E-state index is 13.1. The van der Waals surface area contributed by atoms with Crippen molar-refractivity contribution in [2.75, 3.05) is 30.6 Å². The Bertz CT molecular complexity index is 1060. The Hall–Kier alpha value is -2.51. The molecule has 0 bridgehead atoms. The van der Waals surface area contributed by atoms with Gasteiger partial charge in [0.2, 0.25) is 10.0 Å². The van der Waals surface area contributed by atoms with Gasteiger partial charge < -0.3 is 0 Å². The number of nitrogens with zero attached hydrogens (tertiary/aromatic N) is 1. The average Bonchev–Trinajstić information content (AvgIpc) is 2.67. The van der Waals surface area contributed by atoms with Crippen molar-refractivity contribution in [2.45, 2.75) is 33.6 Å². The van der Waals surface area contributed by atoms with Crippen LogP contribution in [0, 0.1) is 26.7 Å². The molecule has 6 nitrogen and oxygen atoms in total. The van der Waals surface area contributed by atoms with Crippen molar-refractivity contribution >= 4 is 27.3 Å². The molecule has 1 saturated heterocycles. The van der Waals surface area contributed by atoms with Crippen molar-refractivity contribution in [2.24, 2.45) is 5.92 Å². The van der Waals surface area contributed by atoms with Crippen LogP contribution in [-0.4, -0.2) is 50.8 Å². The molecule has 31 heavy (non-hydrogen) atoms. The number of aryl methyl sites for hydroxylation is 3. The predicted molar refractivity (Wildman–Crippen MR) is 123 cm³/mol. The van der Waals surface area contributed by atoms with E-state index < -0.39 is 10.0 Å². The Kier molecular flexibility index (Phi) is 6.96. The number of anilines is 1. The maximum Gasteiger partial charge on any atom is 0.229 e. The number of ketones is 2. The Labute approximate surface area is 184 Å². The molecular weight excluding hydrogens is 412 g/mol. The molecule has 166 valence electrons. The van der Waals surface area contributed by atoms with Crippen LogP contribution in [0.2, 0.25) is 0 Å². The SMILES string of the molecule is Cc1cc(C)c(C(=O)C2CCN(CC(=O)c3ccc(NS(C)(=O)=O)cc3)CC2)c(C)c1. The highest BCUT2D eigenvalue weighted by Gasteiger charge is 2.28. The molecule has 0 saturated carbocycles. The normalized spacial score (nSPS) is 15.6. The zero-order chi connectivity index (χ0) is 22.8. The van der Waals surface area contributed by atoms with E-state index in [0.717, 1.165) is 35.8 Å². The number of Topliss-reactive ketones (excluding diaryl/α,β-unsaturated/α-hetero) is 2. The van der Waals surface area contributed by atoms with Crippen LogP contribution >= 0.6 is 0 Å². The van der Waals surface area contributed by atoms with Crippen molar-refractivity contribution in [1.29, 1.82) is 0 Å². The van der Waals surface area contributed by atoms with Gasteiger partial charge in [0.15, 0.2) is 11.6 Å². The highest BCUT2D eigenvalue weighted by Crippen LogP contribution is 2.26. The summed E-state index contributed by atoms with van der Waals surface area (Å²) in [5.74, 6) is 0.198. The lowest BCUT2D eigenvalue weighted by molar-refractivity contribution is 0.0804. The van der Waals surface area contributed by atoms with E-state index >= 15 is 0 Å². The van der Waals surface area contributed by atoms with E-state index in [1.807, 2.05) is 20.8 Å². The fourth-order valence-corrected chi connectivity index (χ4v) is 4.92. The molecular formula is C24H30N2O4S. The molecule has 3 rings (SSSR count). The third-order valence-electron chi connectivity index (χ3n) is 5.76. The third-order valence-corrected chi connectivity index (χ3v) is 6.37. The van der Waals surface area contributed by atoms with Gasteiger partial charge in [-0.3, -0.25) is 19.2 Å². The number of benzene rings is 2. The quantitative estimate of drug-likeness (QED) is 0.660. The zero-order valence-electron chi connectivity index (χ0n) is 18.6. The average molecular weight is 443 g/mol. The Morgan fingerprint density at radius 2 is 1.55 bits per heavy atom.